The van der Waals surface area contributed by atoms with E-state index in [9.17, 15) is 22.8 Å². The van der Waals surface area contributed by atoms with Gasteiger partial charge in [0.25, 0.3) is 0 Å². The molecule has 0 aliphatic heterocycles. The Balaban J connectivity index is 1.60. The minimum atomic E-state index is -1.21. The second-order valence-corrected chi connectivity index (χ2v) is 10.2. The molecule has 208 valence electrons. The van der Waals surface area contributed by atoms with Crippen LogP contribution >= 0.6 is 11.6 Å². The number of anilines is 1. The molecule has 0 bridgehead atoms. The molecule has 5 rings (SSSR count). The van der Waals surface area contributed by atoms with Crippen LogP contribution < -0.4 is 10.1 Å². The number of rotatable bonds is 8. The highest BCUT2D eigenvalue weighted by Gasteiger charge is 2.35. The van der Waals surface area contributed by atoms with Crippen LogP contribution in [0.2, 0.25) is 5.02 Å². The second-order valence-electron chi connectivity index (χ2n) is 9.72. The fourth-order valence-electron chi connectivity index (χ4n) is 5.21. The van der Waals surface area contributed by atoms with E-state index in [1.54, 1.807) is 28.8 Å². The minimum absolute atomic E-state index is 0.00939. The first-order valence-corrected chi connectivity index (χ1v) is 13.2. The summed E-state index contributed by atoms with van der Waals surface area (Å²) in [6, 6.07) is 11.4. The number of benzene rings is 3. The largest absolute Gasteiger partial charge is 0.482 e. The number of hydrogen-bond donors (Lipinski definition) is 2. The topological polar surface area (TPSA) is 93.5 Å². The number of halogens is 4. The molecule has 0 spiro atoms. The number of carbonyl (C=O) groups is 2. The lowest BCUT2D eigenvalue weighted by molar-refractivity contribution is -0.139. The number of carbonyl (C=O) groups excluding carboxylic acids is 1. The fourth-order valence-corrected chi connectivity index (χ4v) is 5.33. The van der Waals surface area contributed by atoms with Crippen LogP contribution in [0.1, 0.15) is 38.1 Å². The van der Waals surface area contributed by atoms with Crippen molar-refractivity contribution in [3.8, 4) is 17.1 Å². The normalized spacial score (nSPS) is 14.7. The molecule has 0 radical (unpaired) electrons. The molecule has 40 heavy (non-hydrogen) atoms. The maximum absolute atomic E-state index is 15.0. The van der Waals surface area contributed by atoms with E-state index >= 15 is 0 Å². The van der Waals surface area contributed by atoms with Gasteiger partial charge in [-0.2, -0.15) is 0 Å². The summed E-state index contributed by atoms with van der Waals surface area (Å²) in [6.45, 7) is -0.646. The Kier molecular flexibility index (Phi) is 7.97. The molecule has 2 N–H and O–H groups in total. The number of aromatic nitrogens is 2. The Hall–Kier alpha value is -4.05. The average Bonchev–Trinajstić information content (AvgIpc) is 3.27. The fraction of sp³-hybridized carbons (Fsp3) is 0.276. The number of imidazole rings is 1. The van der Waals surface area contributed by atoms with Crippen LogP contribution in [0.15, 0.2) is 54.6 Å². The van der Waals surface area contributed by atoms with E-state index in [-0.39, 0.29) is 28.4 Å². The first kappa shape index (κ1) is 27.5. The van der Waals surface area contributed by atoms with Gasteiger partial charge < -0.3 is 19.7 Å². The van der Waals surface area contributed by atoms with E-state index in [0.29, 0.717) is 29.3 Å². The van der Waals surface area contributed by atoms with Gasteiger partial charge in [-0.25, -0.2) is 22.9 Å². The van der Waals surface area contributed by atoms with Crippen molar-refractivity contribution in [3.63, 3.8) is 0 Å². The predicted octanol–water partition coefficient (Wildman–Crippen LogP) is 7.00. The van der Waals surface area contributed by atoms with Gasteiger partial charge in [0.2, 0.25) is 5.91 Å². The molecule has 3 aromatic carbocycles. The summed E-state index contributed by atoms with van der Waals surface area (Å²) >= 11 is 6.08. The Morgan fingerprint density at radius 2 is 1.70 bits per heavy atom. The summed E-state index contributed by atoms with van der Waals surface area (Å²) in [5.41, 5.74) is 0.848. The summed E-state index contributed by atoms with van der Waals surface area (Å²) < 4.78 is 50.3. The second kappa shape index (κ2) is 11.6. The van der Waals surface area contributed by atoms with Crippen LogP contribution in [-0.4, -0.2) is 33.1 Å². The van der Waals surface area contributed by atoms with Gasteiger partial charge in [-0.3, -0.25) is 4.79 Å². The molecule has 1 fully saturated rings. The van der Waals surface area contributed by atoms with Crippen molar-refractivity contribution < 1.29 is 32.6 Å². The molecule has 4 aromatic rings. The quantitative estimate of drug-likeness (QED) is 0.238. The lowest BCUT2D eigenvalue weighted by atomic mass is 9.83. The highest BCUT2D eigenvalue weighted by Crippen LogP contribution is 2.39. The monoisotopic (exact) mass is 571 g/mol. The van der Waals surface area contributed by atoms with Gasteiger partial charge in [-0.1, -0.05) is 30.9 Å². The molecule has 1 amide bonds. The number of nitrogens with one attached hydrogen (secondary N) is 1. The van der Waals surface area contributed by atoms with E-state index in [0.717, 1.165) is 37.5 Å². The predicted molar refractivity (Wildman–Crippen MR) is 144 cm³/mol. The van der Waals surface area contributed by atoms with E-state index in [1.165, 1.54) is 12.1 Å². The molecule has 1 unspecified atom stereocenters. The molecule has 1 heterocycles. The van der Waals surface area contributed by atoms with Crippen LogP contribution in [-0.2, 0) is 9.59 Å². The van der Waals surface area contributed by atoms with Gasteiger partial charge in [-0.05, 0) is 55.2 Å². The molecule has 1 atom stereocenters. The third-order valence-corrected chi connectivity index (χ3v) is 7.29. The summed E-state index contributed by atoms with van der Waals surface area (Å²) in [7, 11) is 0. The Labute approximate surface area is 232 Å². The van der Waals surface area contributed by atoms with Gasteiger partial charge >= 0.3 is 5.97 Å². The number of nitrogens with zero attached hydrogens (tertiary/aromatic N) is 2. The van der Waals surface area contributed by atoms with Crippen molar-refractivity contribution in [1.82, 2.24) is 9.55 Å². The number of carboxylic acid groups (broad SMARTS) is 1. The molecule has 1 aliphatic rings. The van der Waals surface area contributed by atoms with Crippen molar-refractivity contribution in [3.05, 3.63) is 77.1 Å². The maximum Gasteiger partial charge on any atom is 0.341 e. The average molecular weight is 572 g/mol. The van der Waals surface area contributed by atoms with Crippen LogP contribution in [0.5, 0.6) is 5.75 Å². The smallest absolute Gasteiger partial charge is 0.341 e. The summed E-state index contributed by atoms with van der Waals surface area (Å²) in [5, 5.41) is 11.9. The summed E-state index contributed by atoms with van der Waals surface area (Å²) in [6.07, 6.45) is 4.17. The van der Waals surface area contributed by atoms with Gasteiger partial charge in [0.05, 0.1) is 16.7 Å². The number of amides is 1. The van der Waals surface area contributed by atoms with Crippen LogP contribution in [0, 0.1) is 23.4 Å². The van der Waals surface area contributed by atoms with Crippen molar-refractivity contribution in [2.45, 2.75) is 38.1 Å². The Morgan fingerprint density at radius 3 is 2.38 bits per heavy atom. The number of hydrogen-bond acceptors (Lipinski definition) is 4. The first-order chi connectivity index (χ1) is 19.2. The van der Waals surface area contributed by atoms with Gasteiger partial charge in [0, 0.05) is 28.8 Å². The highest BCUT2D eigenvalue weighted by molar-refractivity contribution is 6.30. The van der Waals surface area contributed by atoms with Crippen LogP contribution in [0.3, 0.4) is 0 Å². The molecular formula is C29H25ClF3N3O4. The molecular weight excluding hydrogens is 547 g/mol. The van der Waals surface area contributed by atoms with Crippen LogP contribution in [0.4, 0.5) is 18.9 Å². The van der Waals surface area contributed by atoms with E-state index in [1.807, 2.05) is 0 Å². The molecule has 1 aliphatic carbocycles. The summed E-state index contributed by atoms with van der Waals surface area (Å²) in [5.74, 6) is -4.61. The zero-order chi connectivity index (χ0) is 28.4. The van der Waals surface area contributed by atoms with Crippen LogP contribution in [0.25, 0.3) is 22.4 Å². The van der Waals surface area contributed by atoms with Crippen molar-refractivity contribution in [2.75, 3.05) is 11.9 Å². The third-order valence-electron chi connectivity index (χ3n) is 7.04. The van der Waals surface area contributed by atoms with Gasteiger partial charge in [0.15, 0.2) is 18.2 Å². The Bertz CT molecular complexity index is 1570. The molecule has 0 saturated heterocycles. The zero-order valence-electron chi connectivity index (χ0n) is 21.2. The number of fused-ring (bicyclic) bond motifs is 1. The molecule has 7 nitrogen and oxygen atoms in total. The molecule has 1 saturated carbocycles. The van der Waals surface area contributed by atoms with Crippen molar-refractivity contribution in [2.24, 2.45) is 5.92 Å². The lowest BCUT2D eigenvalue weighted by Gasteiger charge is -2.32. The maximum atomic E-state index is 15.0. The zero-order valence-corrected chi connectivity index (χ0v) is 21.9. The van der Waals surface area contributed by atoms with Crippen molar-refractivity contribution in [1.29, 1.82) is 0 Å². The number of aliphatic carboxylic acids is 1. The first-order valence-electron chi connectivity index (χ1n) is 12.8. The third kappa shape index (κ3) is 5.77. The number of ether oxygens (including phenoxy) is 1. The minimum Gasteiger partial charge on any atom is -0.482 e. The van der Waals surface area contributed by atoms with Crippen molar-refractivity contribution >= 4 is 40.2 Å². The van der Waals surface area contributed by atoms with E-state index in [2.05, 4.69) is 10.3 Å². The SMILES string of the molecule is O=C(O)COc1ccc(NC(=O)C(C2CCCCC2)n2c(-c3ccc(Cl)cc3)nc3cc(F)c(F)cc32)c(F)c1. The highest BCUT2D eigenvalue weighted by atomic mass is 35.5. The molecule has 11 heteroatoms. The molecule has 1 aromatic heterocycles. The summed E-state index contributed by atoms with van der Waals surface area (Å²) in [4.78, 5) is 29.3. The lowest BCUT2D eigenvalue weighted by Crippen LogP contribution is -2.34. The van der Waals surface area contributed by atoms with E-state index in [4.69, 9.17) is 21.4 Å². The standard InChI is InChI=1S/C29H25ClF3N3O4/c30-18-8-6-17(7-9-18)28-34-24-13-20(31)21(32)14-25(24)36(28)27(16-4-2-1-3-5-16)29(39)35-23-11-10-19(12-22(23)33)40-15-26(37)38/h6-14,16,27H,1-5,15H2,(H,35,39)(H,37,38). The number of carboxylic acids is 1. The van der Waals surface area contributed by atoms with Gasteiger partial charge in [-0.15, -0.1) is 0 Å². The van der Waals surface area contributed by atoms with E-state index < -0.39 is 42.0 Å². The Morgan fingerprint density at radius 1 is 1.00 bits per heavy atom. The van der Waals surface area contributed by atoms with Gasteiger partial charge in [0.1, 0.15) is 23.4 Å².